The number of carboxylic acid groups (broad SMARTS) is 1. The number of nitro benzene ring substituents is 1. The van der Waals surface area contributed by atoms with Crippen molar-refractivity contribution >= 4 is 29.3 Å². The second kappa shape index (κ2) is 7.59. The smallest absolute Gasteiger partial charge is 0.337 e. The van der Waals surface area contributed by atoms with E-state index in [1.165, 1.54) is 30.3 Å². The Bertz CT molecular complexity index is 975. The van der Waals surface area contributed by atoms with Gasteiger partial charge in [-0.3, -0.25) is 14.9 Å². The van der Waals surface area contributed by atoms with Gasteiger partial charge in [0.05, 0.1) is 16.2 Å². The molecule has 0 radical (unpaired) electrons. The van der Waals surface area contributed by atoms with Crippen LogP contribution in [-0.4, -0.2) is 27.0 Å². The number of nitrogens with one attached hydrogen (secondary N) is 1. The summed E-state index contributed by atoms with van der Waals surface area (Å²) in [4.78, 5) is 33.4. The summed E-state index contributed by atoms with van der Waals surface area (Å²) in [6.45, 7) is 0. The number of carboxylic acids is 1. The van der Waals surface area contributed by atoms with Gasteiger partial charge in [-0.1, -0.05) is 18.2 Å². The second-order valence-corrected chi connectivity index (χ2v) is 4.98. The lowest BCUT2D eigenvalue weighted by Crippen LogP contribution is -2.16. The Labute approximate surface area is 146 Å². The fourth-order valence-electron chi connectivity index (χ4n) is 2.06. The molecule has 2 aromatic carbocycles. The molecule has 0 aromatic heterocycles. The predicted molar refractivity (Wildman–Crippen MR) is 90.4 cm³/mol. The van der Waals surface area contributed by atoms with Gasteiger partial charge >= 0.3 is 11.7 Å². The monoisotopic (exact) mass is 353 g/mol. The molecule has 0 heterocycles. The highest BCUT2D eigenvalue weighted by Gasteiger charge is 2.17. The average molecular weight is 353 g/mol. The molecule has 9 nitrogen and oxygen atoms in total. The van der Waals surface area contributed by atoms with Crippen LogP contribution in [0.1, 0.15) is 15.9 Å². The summed E-state index contributed by atoms with van der Waals surface area (Å²) in [5.41, 5.74) is -0.980. The van der Waals surface area contributed by atoms with Gasteiger partial charge in [-0.05, 0) is 29.8 Å². The highest BCUT2D eigenvalue weighted by molar-refractivity contribution is 6.11. The van der Waals surface area contributed by atoms with Crippen LogP contribution in [-0.2, 0) is 4.79 Å². The fraction of sp³-hybridized carbons (Fsp3) is 0. The normalized spacial score (nSPS) is 10.7. The van der Waals surface area contributed by atoms with Gasteiger partial charge in [0.25, 0.3) is 5.91 Å². The van der Waals surface area contributed by atoms with E-state index < -0.39 is 33.8 Å². The van der Waals surface area contributed by atoms with E-state index in [1.807, 2.05) is 0 Å². The molecule has 0 bridgehead atoms. The molecule has 1 amide bonds. The van der Waals surface area contributed by atoms with Crippen LogP contribution in [0.5, 0.6) is 5.75 Å². The van der Waals surface area contributed by atoms with Gasteiger partial charge < -0.3 is 15.5 Å². The SMILES string of the molecule is N#C/C(=C/c1ccc(O)c([N+](=O)[O-])c1)C(=O)Nc1ccccc1C(=O)O. The van der Waals surface area contributed by atoms with Gasteiger partial charge in [0, 0.05) is 6.07 Å². The Hall–Kier alpha value is -4.19. The first kappa shape index (κ1) is 18.2. The van der Waals surface area contributed by atoms with Crippen molar-refractivity contribution in [2.75, 3.05) is 5.32 Å². The standard InChI is InChI=1S/C17H11N3O6/c18-9-11(7-10-5-6-15(21)14(8-10)20(25)26)16(22)19-13-4-2-1-3-12(13)17(23)24/h1-8,21H,(H,19,22)(H,23,24)/b11-7-. The van der Waals surface area contributed by atoms with E-state index in [9.17, 15) is 24.8 Å². The molecule has 0 aliphatic carbocycles. The molecule has 0 fully saturated rings. The van der Waals surface area contributed by atoms with E-state index >= 15 is 0 Å². The maximum absolute atomic E-state index is 12.2. The van der Waals surface area contributed by atoms with Crippen LogP contribution in [0.3, 0.4) is 0 Å². The minimum Gasteiger partial charge on any atom is -0.502 e. The molecule has 3 N–H and O–H groups in total. The topological polar surface area (TPSA) is 154 Å². The van der Waals surface area contributed by atoms with Crippen molar-refractivity contribution in [2.45, 2.75) is 0 Å². The summed E-state index contributed by atoms with van der Waals surface area (Å²) >= 11 is 0. The largest absolute Gasteiger partial charge is 0.502 e. The Morgan fingerprint density at radius 1 is 1.23 bits per heavy atom. The van der Waals surface area contributed by atoms with Crippen molar-refractivity contribution in [3.8, 4) is 11.8 Å². The maximum Gasteiger partial charge on any atom is 0.337 e. The molecular formula is C17H11N3O6. The Morgan fingerprint density at radius 2 is 1.92 bits per heavy atom. The summed E-state index contributed by atoms with van der Waals surface area (Å²) < 4.78 is 0. The number of para-hydroxylation sites is 1. The number of nitrogens with zero attached hydrogens (tertiary/aromatic N) is 2. The van der Waals surface area contributed by atoms with Crippen LogP contribution < -0.4 is 5.32 Å². The summed E-state index contributed by atoms with van der Waals surface area (Å²) in [5.74, 6) is -2.68. The molecule has 2 aromatic rings. The lowest BCUT2D eigenvalue weighted by atomic mass is 10.1. The zero-order chi connectivity index (χ0) is 19.3. The van der Waals surface area contributed by atoms with Crippen LogP contribution in [0.15, 0.2) is 48.0 Å². The van der Waals surface area contributed by atoms with E-state index in [-0.39, 0.29) is 16.8 Å². The number of phenols is 1. The number of phenolic OH excluding ortho intramolecular Hbond substituents is 1. The third kappa shape index (κ3) is 4.01. The van der Waals surface area contributed by atoms with Crippen molar-refractivity contribution in [2.24, 2.45) is 0 Å². The van der Waals surface area contributed by atoms with Crippen molar-refractivity contribution in [1.29, 1.82) is 5.26 Å². The number of nitro groups is 1. The summed E-state index contributed by atoms with van der Waals surface area (Å²) in [6.07, 6.45) is 1.09. The first-order valence-corrected chi connectivity index (χ1v) is 7.06. The first-order chi connectivity index (χ1) is 12.3. The molecule has 0 atom stereocenters. The molecule has 0 saturated carbocycles. The van der Waals surface area contributed by atoms with Crippen LogP contribution in [0.25, 0.3) is 6.08 Å². The number of carbonyl (C=O) groups excluding carboxylic acids is 1. The number of aromatic hydroxyl groups is 1. The van der Waals surface area contributed by atoms with Gasteiger partial charge in [0.1, 0.15) is 11.6 Å². The fourth-order valence-corrected chi connectivity index (χ4v) is 2.06. The van der Waals surface area contributed by atoms with Crippen LogP contribution in [0, 0.1) is 21.4 Å². The number of hydrogen-bond donors (Lipinski definition) is 3. The van der Waals surface area contributed by atoms with E-state index in [0.29, 0.717) is 0 Å². The number of benzene rings is 2. The van der Waals surface area contributed by atoms with Crippen LogP contribution >= 0.6 is 0 Å². The number of carbonyl (C=O) groups is 2. The van der Waals surface area contributed by atoms with Crippen molar-refractivity contribution in [3.05, 3.63) is 69.3 Å². The number of rotatable bonds is 5. The Kier molecular flexibility index (Phi) is 5.30. The zero-order valence-electron chi connectivity index (χ0n) is 13.0. The molecule has 9 heteroatoms. The van der Waals surface area contributed by atoms with E-state index in [4.69, 9.17) is 10.4 Å². The molecular weight excluding hydrogens is 342 g/mol. The number of aromatic carboxylic acids is 1. The van der Waals surface area contributed by atoms with Crippen molar-refractivity contribution < 1.29 is 24.7 Å². The highest BCUT2D eigenvalue weighted by Crippen LogP contribution is 2.27. The van der Waals surface area contributed by atoms with Crippen molar-refractivity contribution in [3.63, 3.8) is 0 Å². The highest BCUT2D eigenvalue weighted by atomic mass is 16.6. The molecule has 130 valence electrons. The van der Waals surface area contributed by atoms with Gasteiger partial charge in [-0.25, -0.2) is 4.79 Å². The van der Waals surface area contributed by atoms with E-state index in [0.717, 1.165) is 18.2 Å². The number of amides is 1. The van der Waals surface area contributed by atoms with Crippen molar-refractivity contribution in [1.82, 2.24) is 0 Å². The van der Waals surface area contributed by atoms with E-state index in [2.05, 4.69) is 5.32 Å². The summed E-state index contributed by atoms with van der Waals surface area (Å²) in [5, 5.41) is 40.8. The molecule has 0 aliphatic heterocycles. The molecule has 26 heavy (non-hydrogen) atoms. The molecule has 0 spiro atoms. The first-order valence-electron chi connectivity index (χ1n) is 7.06. The quantitative estimate of drug-likeness (QED) is 0.323. The maximum atomic E-state index is 12.2. The van der Waals surface area contributed by atoms with Gasteiger partial charge in [0.2, 0.25) is 0 Å². The third-order valence-corrected chi connectivity index (χ3v) is 3.28. The van der Waals surface area contributed by atoms with Crippen LogP contribution in [0.4, 0.5) is 11.4 Å². The number of hydrogen-bond acceptors (Lipinski definition) is 6. The lowest BCUT2D eigenvalue weighted by molar-refractivity contribution is -0.385. The summed E-state index contributed by atoms with van der Waals surface area (Å²) in [7, 11) is 0. The number of anilines is 1. The van der Waals surface area contributed by atoms with Gasteiger partial charge in [-0.15, -0.1) is 0 Å². The van der Waals surface area contributed by atoms with Gasteiger partial charge in [-0.2, -0.15) is 5.26 Å². The lowest BCUT2D eigenvalue weighted by Gasteiger charge is -2.07. The molecule has 0 saturated heterocycles. The molecule has 0 aliphatic rings. The van der Waals surface area contributed by atoms with Crippen LogP contribution in [0.2, 0.25) is 0 Å². The molecule has 0 unspecified atom stereocenters. The molecule has 2 rings (SSSR count). The second-order valence-electron chi connectivity index (χ2n) is 4.98. The zero-order valence-corrected chi connectivity index (χ0v) is 13.0. The Balaban J connectivity index is 2.34. The predicted octanol–water partition coefficient (Wildman–Crippen LogP) is 2.54. The Morgan fingerprint density at radius 3 is 2.54 bits per heavy atom. The minimum absolute atomic E-state index is 0.00263. The minimum atomic E-state index is -1.25. The van der Waals surface area contributed by atoms with Gasteiger partial charge in [0.15, 0.2) is 5.75 Å². The number of nitriles is 1. The average Bonchev–Trinajstić information content (AvgIpc) is 2.60. The summed E-state index contributed by atoms with van der Waals surface area (Å²) in [6, 6.07) is 10.7. The third-order valence-electron chi connectivity index (χ3n) is 3.28. The van der Waals surface area contributed by atoms with E-state index in [1.54, 1.807) is 6.07 Å².